The van der Waals surface area contributed by atoms with Crippen molar-refractivity contribution in [3.8, 4) is 0 Å². The number of unbranched alkanes of at least 4 members (excludes halogenated alkanes) is 3. The molecule has 0 aliphatic heterocycles. The molecule has 4 nitrogen and oxygen atoms in total. The highest BCUT2D eigenvalue weighted by Crippen LogP contribution is 2.23. The normalized spacial score (nSPS) is 12.2. The number of nitrogens with one attached hydrogen (secondary N) is 1. The van der Waals surface area contributed by atoms with Crippen molar-refractivity contribution in [2.45, 2.75) is 58.9 Å². The highest BCUT2D eigenvalue weighted by atomic mass is 16.6. The first-order chi connectivity index (χ1) is 9.04. The van der Waals surface area contributed by atoms with Gasteiger partial charge in [-0.25, -0.2) is 0 Å². The quantitative estimate of drug-likeness (QED) is 0.421. The van der Waals surface area contributed by atoms with Gasteiger partial charge in [0.05, 0.1) is 4.92 Å². The van der Waals surface area contributed by atoms with E-state index in [1.807, 2.05) is 6.92 Å². The van der Waals surface area contributed by atoms with E-state index in [0.717, 1.165) is 17.7 Å². The fourth-order valence-corrected chi connectivity index (χ4v) is 2.09. The van der Waals surface area contributed by atoms with Gasteiger partial charge < -0.3 is 5.32 Å². The van der Waals surface area contributed by atoms with Gasteiger partial charge in [0, 0.05) is 23.9 Å². The summed E-state index contributed by atoms with van der Waals surface area (Å²) in [6.07, 6.45) is 6.09. The summed E-state index contributed by atoms with van der Waals surface area (Å²) in [5.74, 6) is 0. The molecule has 1 aromatic carbocycles. The number of hydrogen-bond donors (Lipinski definition) is 1. The van der Waals surface area contributed by atoms with Crippen LogP contribution in [-0.2, 0) is 0 Å². The molecule has 1 N–H and O–H groups in total. The molecule has 4 heteroatoms. The Morgan fingerprint density at radius 2 is 2.05 bits per heavy atom. The van der Waals surface area contributed by atoms with E-state index in [9.17, 15) is 10.1 Å². The molecular weight excluding hydrogens is 240 g/mol. The Labute approximate surface area is 115 Å². The zero-order chi connectivity index (χ0) is 14.3. The lowest BCUT2D eigenvalue weighted by molar-refractivity contribution is -0.384. The van der Waals surface area contributed by atoms with Crippen LogP contribution in [0.5, 0.6) is 0 Å². The van der Waals surface area contributed by atoms with Crippen molar-refractivity contribution in [1.29, 1.82) is 0 Å². The number of nitro benzene ring substituents is 1. The van der Waals surface area contributed by atoms with Gasteiger partial charge >= 0.3 is 0 Å². The van der Waals surface area contributed by atoms with Crippen molar-refractivity contribution in [2.24, 2.45) is 0 Å². The Kier molecular flexibility index (Phi) is 6.33. The SMILES string of the molecule is CCCCCCC(C)Nc1cc([N+](=O)[O-])ccc1C. The first-order valence-corrected chi connectivity index (χ1v) is 7.06. The maximum absolute atomic E-state index is 10.8. The van der Waals surface area contributed by atoms with Gasteiger partial charge in [-0.15, -0.1) is 0 Å². The van der Waals surface area contributed by atoms with Crippen LogP contribution >= 0.6 is 0 Å². The molecule has 0 aliphatic carbocycles. The maximum Gasteiger partial charge on any atom is 0.271 e. The largest absolute Gasteiger partial charge is 0.382 e. The predicted molar refractivity (Wildman–Crippen MR) is 79.7 cm³/mol. The summed E-state index contributed by atoms with van der Waals surface area (Å²) in [5.41, 5.74) is 2.06. The third-order valence-electron chi connectivity index (χ3n) is 3.32. The zero-order valence-corrected chi connectivity index (χ0v) is 12.1. The highest BCUT2D eigenvalue weighted by molar-refractivity contribution is 5.57. The highest BCUT2D eigenvalue weighted by Gasteiger charge is 2.10. The van der Waals surface area contributed by atoms with E-state index in [0.29, 0.717) is 6.04 Å². The van der Waals surface area contributed by atoms with Crippen LogP contribution < -0.4 is 5.32 Å². The number of hydrogen-bond acceptors (Lipinski definition) is 3. The molecule has 0 aromatic heterocycles. The Hall–Kier alpha value is -1.58. The van der Waals surface area contributed by atoms with Gasteiger partial charge in [0.15, 0.2) is 0 Å². The number of rotatable bonds is 8. The second kappa shape index (κ2) is 7.77. The molecule has 1 unspecified atom stereocenters. The number of aryl methyl sites for hydroxylation is 1. The minimum atomic E-state index is -0.351. The van der Waals surface area contributed by atoms with Crippen molar-refractivity contribution < 1.29 is 4.92 Å². The molecule has 106 valence electrons. The van der Waals surface area contributed by atoms with Gasteiger partial charge in [-0.05, 0) is 25.8 Å². The zero-order valence-electron chi connectivity index (χ0n) is 12.1. The Morgan fingerprint density at radius 1 is 1.32 bits per heavy atom. The number of anilines is 1. The third-order valence-corrected chi connectivity index (χ3v) is 3.32. The van der Waals surface area contributed by atoms with Gasteiger partial charge in [-0.3, -0.25) is 10.1 Å². The summed E-state index contributed by atoms with van der Waals surface area (Å²) in [4.78, 5) is 10.4. The maximum atomic E-state index is 10.8. The molecule has 1 aromatic rings. The minimum Gasteiger partial charge on any atom is -0.382 e. The fraction of sp³-hybridized carbons (Fsp3) is 0.600. The number of nitrogens with zero attached hydrogens (tertiary/aromatic N) is 1. The topological polar surface area (TPSA) is 55.2 Å². The molecule has 0 fully saturated rings. The molecule has 0 heterocycles. The second-order valence-electron chi connectivity index (χ2n) is 5.15. The third kappa shape index (κ3) is 5.28. The van der Waals surface area contributed by atoms with E-state index in [4.69, 9.17) is 0 Å². The summed E-state index contributed by atoms with van der Waals surface area (Å²) in [6.45, 7) is 6.30. The summed E-state index contributed by atoms with van der Waals surface area (Å²) in [5, 5.41) is 14.1. The van der Waals surface area contributed by atoms with E-state index < -0.39 is 0 Å². The molecule has 19 heavy (non-hydrogen) atoms. The van der Waals surface area contributed by atoms with Gasteiger partial charge in [0.1, 0.15) is 0 Å². The van der Waals surface area contributed by atoms with Crippen LogP contribution in [0.3, 0.4) is 0 Å². The van der Waals surface area contributed by atoms with Crippen molar-refractivity contribution in [3.05, 3.63) is 33.9 Å². The van der Waals surface area contributed by atoms with Crippen LogP contribution in [0.2, 0.25) is 0 Å². The molecular formula is C15H24N2O2. The molecule has 0 saturated carbocycles. The summed E-state index contributed by atoms with van der Waals surface area (Å²) < 4.78 is 0. The Balaban J connectivity index is 2.55. The van der Waals surface area contributed by atoms with Gasteiger partial charge in [0.25, 0.3) is 5.69 Å². The Bertz CT molecular complexity index is 419. The lowest BCUT2D eigenvalue weighted by Crippen LogP contribution is -2.15. The van der Waals surface area contributed by atoms with E-state index in [-0.39, 0.29) is 10.6 Å². The molecule has 0 aliphatic rings. The van der Waals surface area contributed by atoms with Crippen LogP contribution in [0.1, 0.15) is 51.5 Å². The van der Waals surface area contributed by atoms with Crippen molar-refractivity contribution in [1.82, 2.24) is 0 Å². The monoisotopic (exact) mass is 264 g/mol. The van der Waals surface area contributed by atoms with Gasteiger partial charge in [-0.1, -0.05) is 38.7 Å². The van der Waals surface area contributed by atoms with Crippen LogP contribution in [0, 0.1) is 17.0 Å². The second-order valence-corrected chi connectivity index (χ2v) is 5.15. The number of non-ortho nitro benzene ring substituents is 1. The van der Waals surface area contributed by atoms with Crippen LogP contribution in [0.4, 0.5) is 11.4 Å². The van der Waals surface area contributed by atoms with Gasteiger partial charge in [0.2, 0.25) is 0 Å². The van der Waals surface area contributed by atoms with Crippen LogP contribution in [-0.4, -0.2) is 11.0 Å². The fourth-order valence-electron chi connectivity index (χ4n) is 2.09. The van der Waals surface area contributed by atoms with Crippen molar-refractivity contribution in [2.75, 3.05) is 5.32 Å². The van der Waals surface area contributed by atoms with Crippen LogP contribution in [0.25, 0.3) is 0 Å². The lowest BCUT2D eigenvalue weighted by Gasteiger charge is -2.16. The summed E-state index contributed by atoms with van der Waals surface area (Å²) >= 11 is 0. The first kappa shape index (κ1) is 15.5. The summed E-state index contributed by atoms with van der Waals surface area (Å²) in [7, 11) is 0. The molecule has 0 saturated heterocycles. The van der Waals surface area contributed by atoms with Gasteiger partial charge in [-0.2, -0.15) is 0 Å². The molecule has 1 atom stereocenters. The average molecular weight is 264 g/mol. The summed E-state index contributed by atoms with van der Waals surface area (Å²) in [6, 6.07) is 5.31. The first-order valence-electron chi connectivity index (χ1n) is 7.06. The van der Waals surface area contributed by atoms with E-state index in [2.05, 4.69) is 19.2 Å². The molecule has 0 spiro atoms. The van der Waals surface area contributed by atoms with Crippen LogP contribution in [0.15, 0.2) is 18.2 Å². The number of nitro groups is 1. The molecule has 0 amide bonds. The average Bonchev–Trinajstić information content (AvgIpc) is 2.37. The molecule has 0 bridgehead atoms. The minimum absolute atomic E-state index is 0.145. The van der Waals surface area contributed by atoms with Crippen molar-refractivity contribution >= 4 is 11.4 Å². The smallest absolute Gasteiger partial charge is 0.271 e. The molecule has 1 rings (SSSR count). The standard InChI is InChI=1S/C15H24N2O2/c1-4-5-6-7-8-13(3)16-15-11-14(17(18)19)10-9-12(15)2/h9-11,13,16H,4-8H2,1-3H3. The predicted octanol–water partition coefficient (Wildman–Crippen LogP) is 4.67. The molecule has 0 radical (unpaired) electrons. The van der Waals surface area contributed by atoms with E-state index >= 15 is 0 Å². The Morgan fingerprint density at radius 3 is 2.68 bits per heavy atom. The lowest BCUT2D eigenvalue weighted by atomic mass is 10.1. The number of benzene rings is 1. The van der Waals surface area contributed by atoms with Crippen molar-refractivity contribution in [3.63, 3.8) is 0 Å². The van der Waals surface area contributed by atoms with E-state index in [1.165, 1.54) is 25.7 Å². The van der Waals surface area contributed by atoms with E-state index in [1.54, 1.807) is 18.2 Å².